The zero-order valence-electron chi connectivity index (χ0n) is 11.3. The van der Waals surface area contributed by atoms with Crippen molar-refractivity contribution in [3.8, 4) is 11.3 Å². The van der Waals surface area contributed by atoms with Gasteiger partial charge in [0.1, 0.15) is 10.8 Å². The zero-order valence-corrected chi connectivity index (χ0v) is 12.9. The Morgan fingerprint density at radius 3 is 2.95 bits per heavy atom. The molecule has 1 atom stereocenters. The van der Waals surface area contributed by atoms with Gasteiger partial charge in [-0.25, -0.2) is 4.98 Å². The fourth-order valence-corrected chi connectivity index (χ4v) is 3.09. The number of nitrogens with two attached hydrogens (primary N) is 1. The Labute approximate surface area is 121 Å². The van der Waals surface area contributed by atoms with Gasteiger partial charge in [-0.15, -0.1) is 11.3 Å². The lowest BCUT2D eigenvalue weighted by Gasteiger charge is -2.11. The fraction of sp³-hybridized carbons (Fsp3) is 0.500. The number of aryl methyl sites for hydroxylation is 1. The van der Waals surface area contributed by atoms with Crippen LogP contribution in [0.1, 0.15) is 11.9 Å². The van der Waals surface area contributed by atoms with Crippen LogP contribution in [0.5, 0.6) is 0 Å². The number of hydrogen-bond donors (Lipinski definition) is 2. The highest BCUT2D eigenvalue weighted by Crippen LogP contribution is 2.37. The lowest BCUT2D eigenvalue weighted by Crippen LogP contribution is -2.15. The highest BCUT2D eigenvalue weighted by molar-refractivity contribution is 7.11. The van der Waals surface area contributed by atoms with E-state index in [0.29, 0.717) is 11.7 Å². The predicted octanol–water partition coefficient (Wildman–Crippen LogP) is 2.85. The Bertz CT molecular complexity index is 538. The summed E-state index contributed by atoms with van der Waals surface area (Å²) in [5.41, 5.74) is 7.76. The maximum Gasteiger partial charge on any atom is 0.148 e. The molecule has 5 nitrogen and oxygen atoms in total. The second-order valence-corrected chi connectivity index (χ2v) is 6.30. The van der Waals surface area contributed by atoms with Crippen molar-refractivity contribution in [2.24, 2.45) is 5.92 Å². The molecule has 0 spiro atoms. The molecule has 2 aromatic rings. The van der Waals surface area contributed by atoms with Crippen molar-refractivity contribution in [3.05, 3.63) is 10.4 Å². The number of rotatable bonds is 6. The Morgan fingerprint density at radius 2 is 2.32 bits per heavy atom. The van der Waals surface area contributed by atoms with Gasteiger partial charge in [-0.1, -0.05) is 6.92 Å². The molecule has 2 heterocycles. The third-order valence-electron chi connectivity index (χ3n) is 2.66. The third kappa shape index (κ3) is 3.43. The quantitative estimate of drug-likeness (QED) is 0.858. The van der Waals surface area contributed by atoms with Gasteiger partial charge in [0.2, 0.25) is 0 Å². The van der Waals surface area contributed by atoms with Crippen LogP contribution in [0.3, 0.4) is 0 Å². The highest BCUT2D eigenvalue weighted by atomic mass is 32.1. The summed E-state index contributed by atoms with van der Waals surface area (Å²) < 4.78 is 9.34. The number of anilines is 2. The number of ether oxygens (including phenoxy) is 1. The van der Waals surface area contributed by atoms with Gasteiger partial charge in [-0.2, -0.15) is 4.37 Å². The minimum atomic E-state index is 0.429. The van der Waals surface area contributed by atoms with Crippen LogP contribution >= 0.6 is 22.9 Å². The topological polar surface area (TPSA) is 73.1 Å². The van der Waals surface area contributed by atoms with Gasteiger partial charge in [0, 0.05) is 19.0 Å². The van der Waals surface area contributed by atoms with Gasteiger partial charge in [-0.3, -0.25) is 0 Å². The average Bonchev–Trinajstić information content (AvgIpc) is 2.93. The molecule has 2 aromatic heterocycles. The Hall–Kier alpha value is -1.18. The van der Waals surface area contributed by atoms with Crippen LogP contribution in [0.2, 0.25) is 0 Å². The van der Waals surface area contributed by atoms with Crippen molar-refractivity contribution in [3.63, 3.8) is 0 Å². The Kier molecular flexibility index (Phi) is 4.73. The van der Waals surface area contributed by atoms with Crippen molar-refractivity contribution in [1.29, 1.82) is 0 Å². The van der Waals surface area contributed by atoms with E-state index in [1.807, 2.05) is 12.3 Å². The van der Waals surface area contributed by atoms with Crippen molar-refractivity contribution < 1.29 is 4.74 Å². The lowest BCUT2D eigenvalue weighted by molar-refractivity contribution is 0.164. The molecular weight excluding hydrogens is 280 g/mol. The van der Waals surface area contributed by atoms with Crippen LogP contribution in [0.15, 0.2) is 5.38 Å². The van der Waals surface area contributed by atoms with Gasteiger partial charge >= 0.3 is 0 Å². The van der Waals surface area contributed by atoms with E-state index in [4.69, 9.17) is 10.5 Å². The molecular formula is C12H18N4OS2. The van der Waals surface area contributed by atoms with Gasteiger partial charge in [0.05, 0.1) is 22.9 Å². The summed E-state index contributed by atoms with van der Waals surface area (Å²) >= 11 is 2.99. The van der Waals surface area contributed by atoms with E-state index in [1.165, 1.54) is 11.5 Å². The van der Waals surface area contributed by atoms with Crippen molar-refractivity contribution in [1.82, 2.24) is 9.36 Å². The molecule has 19 heavy (non-hydrogen) atoms. The number of thiazole rings is 1. The number of nitrogens with one attached hydrogen (secondary N) is 1. The van der Waals surface area contributed by atoms with E-state index in [1.54, 1.807) is 18.4 Å². The largest absolute Gasteiger partial charge is 0.384 e. The Morgan fingerprint density at radius 1 is 1.53 bits per heavy atom. The number of aromatic nitrogens is 2. The molecule has 1 unspecified atom stereocenters. The molecule has 2 rings (SSSR count). The van der Waals surface area contributed by atoms with E-state index >= 15 is 0 Å². The molecule has 0 radical (unpaired) electrons. The standard InChI is InChI=1S/C12H18N4OS2/c1-7(5-17-3)4-14-12-10(11(13)16-19-12)9-6-18-8(2)15-9/h6-7,14H,4-5H2,1-3H3,(H2,13,16). The molecule has 0 fully saturated rings. The molecule has 0 saturated carbocycles. The van der Waals surface area contributed by atoms with Crippen LogP contribution < -0.4 is 11.1 Å². The lowest BCUT2D eigenvalue weighted by atomic mass is 10.2. The molecule has 0 aliphatic rings. The molecule has 0 aliphatic heterocycles. The number of nitrogen functional groups attached to an aromatic ring is 1. The molecule has 104 valence electrons. The van der Waals surface area contributed by atoms with Crippen LogP contribution in [0.4, 0.5) is 10.8 Å². The normalized spacial score (nSPS) is 12.6. The van der Waals surface area contributed by atoms with Gasteiger partial charge in [0.15, 0.2) is 0 Å². The molecule has 3 N–H and O–H groups in total. The molecule has 0 saturated heterocycles. The first-order valence-electron chi connectivity index (χ1n) is 6.02. The zero-order chi connectivity index (χ0) is 13.8. The summed E-state index contributed by atoms with van der Waals surface area (Å²) in [5, 5.41) is 7.40. The first-order chi connectivity index (χ1) is 9.11. The SMILES string of the molecule is COCC(C)CNc1snc(N)c1-c1csc(C)n1. The summed E-state index contributed by atoms with van der Waals surface area (Å²) in [5.74, 6) is 0.968. The summed E-state index contributed by atoms with van der Waals surface area (Å²) in [6.07, 6.45) is 0. The summed E-state index contributed by atoms with van der Waals surface area (Å²) in [6.45, 7) is 5.67. The maximum absolute atomic E-state index is 5.95. The van der Waals surface area contributed by atoms with E-state index in [9.17, 15) is 0 Å². The summed E-state index contributed by atoms with van der Waals surface area (Å²) in [4.78, 5) is 4.48. The monoisotopic (exact) mass is 298 g/mol. The smallest absolute Gasteiger partial charge is 0.148 e. The van der Waals surface area contributed by atoms with Crippen LogP contribution in [0.25, 0.3) is 11.3 Å². The van der Waals surface area contributed by atoms with Crippen molar-refractivity contribution >= 4 is 33.7 Å². The fourth-order valence-electron chi connectivity index (χ4n) is 1.76. The third-order valence-corrected chi connectivity index (χ3v) is 4.25. The second-order valence-electron chi connectivity index (χ2n) is 4.47. The summed E-state index contributed by atoms with van der Waals surface area (Å²) in [7, 11) is 1.71. The average molecular weight is 298 g/mol. The van der Waals surface area contributed by atoms with Gasteiger partial charge in [-0.05, 0) is 24.4 Å². The molecule has 0 bridgehead atoms. The van der Waals surface area contributed by atoms with Gasteiger partial charge in [0.25, 0.3) is 0 Å². The minimum absolute atomic E-state index is 0.429. The van der Waals surface area contributed by atoms with Crippen LogP contribution in [0, 0.1) is 12.8 Å². The van der Waals surface area contributed by atoms with Gasteiger partial charge < -0.3 is 15.8 Å². The van der Waals surface area contributed by atoms with E-state index in [2.05, 4.69) is 21.6 Å². The molecule has 7 heteroatoms. The maximum atomic E-state index is 5.95. The molecule has 0 amide bonds. The van der Waals surface area contributed by atoms with Crippen LogP contribution in [-0.4, -0.2) is 29.6 Å². The first kappa shape index (κ1) is 14.2. The second kappa shape index (κ2) is 6.31. The van der Waals surface area contributed by atoms with E-state index in [-0.39, 0.29) is 0 Å². The van der Waals surface area contributed by atoms with Crippen LogP contribution in [-0.2, 0) is 4.74 Å². The number of methoxy groups -OCH3 is 1. The minimum Gasteiger partial charge on any atom is -0.384 e. The van der Waals surface area contributed by atoms with E-state index in [0.717, 1.165) is 34.4 Å². The number of nitrogens with zero attached hydrogens (tertiary/aromatic N) is 2. The first-order valence-corrected chi connectivity index (χ1v) is 7.67. The van der Waals surface area contributed by atoms with Crippen molar-refractivity contribution in [2.75, 3.05) is 31.3 Å². The van der Waals surface area contributed by atoms with E-state index < -0.39 is 0 Å². The highest BCUT2D eigenvalue weighted by Gasteiger charge is 2.16. The number of hydrogen-bond acceptors (Lipinski definition) is 7. The molecule has 0 aliphatic carbocycles. The Balaban J connectivity index is 2.14. The van der Waals surface area contributed by atoms with Crippen molar-refractivity contribution in [2.45, 2.75) is 13.8 Å². The predicted molar refractivity (Wildman–Crippen MR) is 81.9 cm³/mol. The summed E-state index contributed by atoms with van der Waals surface area (Å²) in [6, 6.07) is 0. The molecule has 0 aromatic carbocycles.